The van der Waals surface area contributed by atoms with E-state index < -0.39 is 5.91 Å². The Morgan fingerprint density at radius 2 is 2.00 bits per heavy atom. The molecule has 0 aliphatic heterocycles. The average molecular weight is 284 g/mol. The molecule has 21 heavy (non-hydrogen) atoms. The smallest absolute Gasteiger partial charge is 0.248 e. The van der Waals surface area contributed by atoms with Crippen LogP contribution in [0.25, 0.3) is 10.9 Å². The molecule has 0 aliphatic carbocycles. The van der Waals surface area contributed by atoms with Crippen molar-refractivity contribution in [3.63, 3.8) is 0 Å². The lowest BCUT2D eigenvalue weighted by Gasteiger charge is -2.01. The lowest BCUT2D eigenvalue weighted by atomic mass is 10.0. The summed E-state index contributed by atoms with van der Waals surface area (Å²) < 4.78 is 0. The van der Waals surface area contributed by atoms with Gasteiger partial charge in [0.25, 0.3) is 0 Å². The molecule has 3 N–H and O–H groups in total. The molecule has 0 atom stereocenters. The largest absolute Gasteiger partial charge is 0.366 e. The van der Waals surface area contributed by atoms with E-state index in [4.69, 9.17) is 5.73 Å². The fourth-order valence-corrected chi connectivity index (χ4v) is 2.46. The number of aromatic nitrogens is 1. The van der Waals surface area contributed by atoms with E-state index in [0.29, 0.717) is 11.1 Å². The SMILES string of the molecule is CCCc1[nH]c2cc(C(N)=O)ccc2c1C(=O)C=C(C)C. The molecule has 0 saturated carbocycles. The second-order valence-electron chi connectivity index (χ2n) is 5.44. The summed E-state index contributed by atoms with van der Waals surface area (Å²) in [5, 5.41) is 0.839. The van der Waals surface area contributed by atoms with Crippen LogP contribution in [0, 0.1) is 0 Å². The number of hydrogen-bond acceptors (Lipinski definition) is 2. The molecular weight excluding hydrogens is 264 g/mol. The first-order chi connectivity index (χ1) is 9.93. The Hall–Kier alpha value is -2.36. The van der Waals surface area contributed by atoms with Gasteiger partial charge in [-0.05, 0) is 38.5 Å². The highest BCUT2D eigenvalue weighted by atomic mass is 16.1. The molecule has 1 aromatic heterocycles. The number of H-pyrrole nitrogens is 1. The van der Waals surface area contributed by atoms with Crippen LogP contribution in [0.1, 0.15) is 53.6 Å². The average Bonchev–Trinajstić information content (AvgIpc) is 2.75. The second-order valence-corrected chi connectivity index (χ2v) is 5.44. The number of rotatable bonds is 5. The van der Waals surface area contributed by atoms with Gasteiger partial charge in [0.1, 0.15) is 0 Å². The lowest BCUT2D eigenvalue weighted by molar-refractivity contribution is 0.0999. The molecule has 4 nitrogen and oxygen atoms in total. The Labute approximate surface area is 124 Å². The van der Waals surface area contributed by atoms with Crippen LogP contribution in [0.5, 0.6) is 0 Å². The Bertz CT molecular complexity index is 735. The number of aromatic amines is 1. The first-order valence-corrected chi connectivity index (χ1v) is 7.07. The van der Waals surface area contributed by atoms with Gasteiger partial charge >= 0.3 is 0 Å². The number of carbonyl (C=O) groups is 2. The van der Waals surface area contributed by atoms with Crippen LogP contribution in [0.3, 0.4) is 0 Å². The molecule has 0 radical (unpaired) electrons. The zero-order chi connectivity index (χ0) is 15.6. The fraction of sp³-hybridized carbons (Fsp3) is 0.294. The van der Waals surface area contributed by atoms with Crippen molar-refractivity contribution in [2.24, 2.45) is 5.73 Å². The molecule has 0 bridgehead atoms. The van der Waals surface area contributed by atoms with Crippen LogP contribution in [-0.4, -0.2) is 16.7 Å². The summed E-state index contributed by atoms with van der Waals surface area (Å²) in [7, 11) is 0. The Morgan fingerprint density at radius 1 is 1.29 bits per heavy atom. The maximum absolute atomic E-state index is 12.5. The number of hydrogen-bond donors (Lipinski definition) is 2. The van der Waals surface area contributed by atoms with E-state index in [9.17, 15) is 9.59 Å². The van der Waals surface area contributed by atoms with E-state index in [-0.39, 0.29) is 5.78 Å². The van der Waals surface area contributed by atoms with Gasteiger partial charge in [-0.3, -0.25) is 9.59 Å². The van der Waals surface area contributed by atoms with Crippen molar-refractivity contribution < 1.29 is 9.59 Å². The van der Waals surface area contributed by atoms with Gasteiger partial charge in [-0.1, -0.05) is 25.0 Å². The molecule has 1 aromatic carbocycles. The highest BCUT2D eigenvalue weighted by molar-refractivity contribution is 6.15. The minimum Gasteiger partial charge on any atom is -0.366 e. The summed E-state index contributed by atoms with van der Waals surface area (Å²) in [6.45, 7) is 5.87. The normalized spacial score (nSPS) is 10.6. The molecule has 0 saturated heterocycles. The standard InChI is InChI=1S/C17H20N2O2/c1-4-5-13-16(15(20)8-10(2)3)12-7-6-11(17(18)21)9-14(12)19-13/h6-9,19H,4-5H2,1-3H3,(H2,18,21). The minimum atomic E-state index is -0.472. The number of allylic oxidation sites excluding steroid dienone is 2. The number of amides is 1. The van der Waals surface area contributed by atoms with Crippen LogP contribution in [-0.2, 0) is 6.42 Å². The molecule has 0 unspecified atom stereocenters. The molecule has 0 aliphatic rings. The van der Waals surface area contributed by atoms with E-state index in [1.54, 1.807) is 24.3 Å². The number of nitrogens with two attached hydrogens (primary N) is 1. The Balaban J connectivity index is 2.65. The van der Waals surface area contributed by atoms with E-state index in [0.717, 1.165) is 35.0 Å². The van der Waals surface area contributed by atoms with E-state index in [2.05, 4.69) is 11.9 Å². The van der Waals surface area contributed by atoms with E-state index in [1.165, 1.54) is 0 Å². The van der Waals surface area contributed by atoms with Gasteiger partial charge in [-0.2, -0.15) is 0 Å². The Kier molecular flexibility index (Phi) is 4.26. The molecule has 1 heterocycles. The quantitative estimate of drug-likeness (QED) is 0.652. The first-order valence-electron chi connectivity index (χ1n) is 7.07. The number of fused-ring (bicyclic) bond motifs is 1. The number of ketones is 1. The monoisotopic (exact) mass is 284 g/mol. The van der Waals surface area contributed by atoms with E-state index >= 15 is 0 Å². The highest BCUT2D eigenvalue weighted by Gasteiger charge is 2.17. The summed E-state index contributed by atoms with van der Waals surface area (Å²) in [4.78, 5) is 27.0. The van der Waals surface area contributed by atoms with Crippen molar-refractivity contribution in [2.75, 3.05) is 0 Å². The van der Waals surface area contributed by atoms with Crippen molar-refractivity contribution in [2.45, 2.75) is 33.6 Å². The van der Waals surface area contributed by atoms with Gasteiger partial charge in [0, 0.05) is 22.2 Å². The molecule has 2 aromatic rings. The van der Waals surface area contributed by atoms with Crippen LogP contribution in [0.2, 0.25) is 0 Å². The lowest BCUT2D eigenvalue weighted by Crippen LogP contribution is -2.10. The van der Waals surface area contributed by atoms with Gasteiger partial charge in [0.05, 0.1) is 5.56 Å². The number of nitrogens with one attached hydrogen (secondary N) is 1. The third-order valence-corrected chi connectivity index (χ3v) is 3.33. The molecule has 0 spiro atoms. The summed E-state index contributed by atoms with van der Waals surface area (Å²) in [6.07, 6.45) is 3.37. The number of carbonyl (C=O) groups excluding carboxylic acids is 2. The maximum Gasteiger partial charge on any atom is 0.248 e. The van der Waals surface area contributed by atoms with Gasteiger partial charge in [-0.15, -0.1) is 0 Å². The number of aryl methyl sites for hydroxylation is 1. The molecular formula is C17H20N2O2. The van der Waals surface area contributed by atoms with E-state index in [1.807, 2.05) is 13.8 Å². The van der Waals surface area contributed by atoms with Gasteiger partial charge in [-0.25, -0.2) is 0 Å². The van der Waals surface area contributed by atoms with Crippen LogP contribution in [0.15, 0.2) is 29.8 Å². The zero-order valence-corrected chi connectivity index (χ0v) is 12.6. The summed E-state index contributed by atoms with van der Waals surface area (Å²) in [6, 6.07) is 5.15. The third kappa shape index (κ3) is 3.05. The van der Waals surface area contributed by atoms with Crippen molar-refractivity contribution in [1.82, 2.24) is 4.98 Å². The van der Waals surface area contributed by atoms with Crippen molar-refractivity contribution in [3.8, 4) is 0 Å². The van der Waals surface area contributed by atoms with Gasteiger partial charge in [0.15, 0.2) is 5.78 Å². The van der Waals surface area contributed by atoms with Gasteiger partial charge < -0.3 is 10.7 Å². The zero-order valence-electron chi connectivity index (χ0n) is 12.6. The first kappa shape index (κ1) is 15.0. The van der Waals surface area contributed by atoms with Crippen LogP contribution < -0.4 is 5.73 Å². The highest BCUT2D eigenvalue weighted by Crippen LogP contribution is 2.26. The molecule has 1 amide bonds. The number of primary amides is 1. The fourth-order valence-electron chi connectivity index (χ4n) is 2.46. The second kappa shape index (κ2) is 5.95. The van der Waals surface area contributed by atoms with Crippen molar-refractivity contribution in [1.29, 1.82) is 0 Å². The molecule has 0 fully saturated rings. The summed E-state index contributed by atoms with van der Waals surface area (Å²) >= 11 is 0. The van der Waals surface area contributed by atoms with Gasteiger partial charge in [0.2, 0.25) is 5.91 Å². The maximum atomic E-state index is 12.5. The van der Waals surface area contributed by atoms with Crippen LogP contribution in [0.4, 0.5) is 0 Å². The number of benzene rings is 1. The summed E-state index contributed by atoms with van der Waals surface area (Å²) in [5.74, 6) is -0.475. The molecule has 2 rings (SSSR count). The predicted octanol–water partition coefficient (Wildman–Crippen LogP) is 3.37. The Morgan fingerprint density at radius 3 is 2.57 bits per heavy atom. The molecule has 4 heteroatoms. The van der Waals surface area contributed by atoms with Crippen molar-refractivity contribution >= 4 is 22.6 Å². The third-order valence-electron chi connectivity index (χ3n) is 3.33. The van der Waals surface area contributed by atoms with Crippen molar-refractivity contribution in [3.05, 3.63) is 46.7 Å². The topological polar surface area (TPSA) is 76.0 Å². The van der Waals surface area contributed by atoms with Crippen LogP contribution >= 0.6 is 0 Å². The molecule has 110 valence electrons. The minimum absolute atomic E-state index is 0.00322. The summed E-state index contributed by atoms with van der Waals surface area (Å²) in [5.41, 5.74) is 9.10. The predicted molar refractivity (Wildman–Crippen MR) is 84.6 cm³/mol.